The highest BCUT2D eigenvalue weighted by molar-refractivity contribution is 5.74. The van der Waals surface area contributed by atoms with E-state index in [1.807, 2.05) is 24.3 Å². The van der Waals surface area contributed by atoms with Crippen LogP contribution in [-0.2, 0) is 20.0 Å². The summed E-state index contributed by atoms with van der Waals surface area (Å²) >= 11 is 0. The number of fused-ring (bicyclic) bond motifs is 1. The SMILES string of the molecule is CCc1ccc(OC[C@@H](O)Cn2c(N3CCCCC3)nc3c2c(=O)[nH]c(=O)n3C)cc1. The lowest BCUT2D eigenvalue weighted by Crippen LogP contribution is -2.34. The zero-order valence-corrected chi connectivity index (χ0v) is 18.0. The second-order valence-electron chi connectivity index (χ2n) is 8.02. The number of aryl methyl sites for hydroxylation is 2. The second-order valence-corrected chi connectivity index (χ2v) is 8.02. The van der Waals surface area contributed by atoms with E-state index in [-0.39, 0.29) is 18.7 Å². The van der Waals surface area contributed by atoms with Crippen LogP contribution in [0.1, 0.15) is 31.7 Å². The van der Waals surface area contributed by atoms with Gasteiger partial charge in [0.05, 0.1) is 6.54 Å². The number of aliphatic hydroxyl groups is 1. The molecule has 2 aromatic heterocycles. The fourth-order valence-corrected chi connectivity index (χ4v) is 4.01. The lowest BCUT2D eigenvalue weighted by atomic mass is 10.1. The highest BCUT2D eigenvalue weighted by Crippen LogP contribution is 2.23. The molecule has 1 aliphatic heterocycles. The van der Waals surface area contributed by atoms with Gasteiger partial charge >= 0.3 is 5.69 Å². The molecule has 0 spiro atoms. The molecule has 2 N–H and O–H groups in total. The number of H-pyrrole nitrogens is 1. The summed E-state index contributed by atoms with van der Waals surface area (Å²) in [6.45, 7) is 3.95. The molecule has 0 amide bonds. The van der Waals surface area contributed by atoms with Crippen LogP contribution in [-0.4, -0.2) is 50.0 Å². The van der Waals surface area contributed by atoms with Gasteiger partial charge in [-0.2, -0.15) is 4.98 Å². The number of aromatic amines is 1. The van der Waals surface area contributed by atoms with Crippen molar-refractivity contribution in [1.29, 1.82) is 0 Å². The summed E-state index contributed by atoms with van der Waals surface area (Å²) in [6.07, 6.45) is 3.33. The standard InChI is InChI=1S/C22H29N5O4/c1-3-15-7-9-17(10-8-15)31-14-16(28)13-27-18-19(25(2)22(30)24-20(18)29)23-21(27)26-11-5-4-6-12-26/h7-10,16,28H,3-6,11-14H2,1-2H3,(H,24,29,30)/t16-/m0/s1. The minimum absolute atomic E-state index is 0.0776. The van der Waals surface area contributed by atoms with E-state index in [0.29, 0.717) is 17.3 Å². The highest BCUT2D eigenvalue weighted by atomic mass is 16.5. The van der Waals surface area contributed by atoms with Gasteiger partial charge < -0.3 is 19.3 Å². The maximum atomic E-state index is 12.6. The van der Waals surface area contributed by atoms with Crippen LogP contribution < -0.4 is 20.9 Å². The van der Waals surface area contributed by atoms with Gasteiger partial charge in [0.2, 0.25) is 5.95 Å². The van der Waals surface area contributed by atoms with Gasteiger partial charge in [0.15, 0.2) is 11.2 Å². The number of nitrogens with one attached hydrogen (secondary N) is 1. The van der Waals surface area contributed by atoms with Crippen molar-refractivity contribution >= 4 is 17.1 Å². The maximum Gasteiger partial charge on any atom is 0.329 e. The van der Waals surface area contributed by atoms with Gasteiger partial charge in [0.1, 0.15) is 18.5 Å². The van der Waals surface area contributed by atoms with Gasteiger partial charge in [-0.25, -0.2) is 4.79 Å². The van der Waals surface area contributed by atoms with Crippen LogP contribution in [0, 0.1) is 0 Å². The number of aromatic nitrogens is 4. The van der Waals surface area contributed by atoms with Crippen molar-refractivity contribution in [2.75, 3.05) is 24.6 Å². The topological polar surface area (TPSA) is 105 Å². The molecule has 0 unspecified atom stereocenters. The van der Waals surface area contributed by atoms with Crippen LogP contribution in [0.5, 0.6) is 5.75 Å². The van der Waals surface area contributed by atoms with Crippen molar-refractivity contribution in [1.82, 2.24) is 19.1 Å². The molecule has 1 atom stereocenters. The number of piperidine rings is 1. The van der Waals surface area contributed by atoms with Crippen LogP contribution in [0.3, 0.4) is 0 Å². The Hall–Kier alpha value is -3.07. The van der Waals surface area contributed by atoms with Crippen molar-refractivity contribution in [2.24, 2.45) is 7.05 Å². The lowest BCUT2D eigenvalue weighted by Gasteiger charge is -2.28. The zero-order chi connectivity index (χ0) is 22.0. The second kappa shape index (κ2) is 8.97. The number of hydrogen-bond acceptors (Lipinski definition) is 6. The van der Waals surface area contributed by atoms with Crippen LogP contribution in [0.4, 0.5) is 5.95 Å². The van der Waals surface area contributed by atoms with E-state index >= 15 is 0 Å². The molecule has 0 saturated carbocycles. The van der Waals surface area contributed by atoms with Crippen LogP contribution in [0.25, 0.3) is 11.2 Å². The Morgan fingerprint density at radius 2 is 1.87 bits per heavy atom. The molecule has 1 fully saturated rings. The number of aliphatic hydroxyl groups excluding tert-OH is 1. The first kappa shape index (κ1) is 21.2. The van der Waals surface area contributed by atoms with E-state index < -0.39 is 17.4 Å². The maximum absolute atomic E-state index is 12.6. The Bertz CT molecular complexity index is 1160. The molecule has 1 aliphatic rings. The minimum atomic E-state index is -0.858. The monoisotopic (exact) mass is 427 g/mol. The van der Waals surface area contributed by atoms with Crippen LogP contribution >= 0.6 is 0 Å². The minimum Gasteiger partial charge on any atom is -0.491 e. The summed E-state index contributed by atoms with van der Waals surface area (Å²) in [5.74, 6) is 1.29. The molecule has 9 nitrogen and oxygen atoms in total. The normalized spacial score (nSPS) is 15.4. The molecule has 1 saturated heterocycles. The predicted octanol–water partition coefficient (Wildman–Crippen LogP) is 1.42. The predicted molar refractivity (Wildman–Crippen MR) is 119 cm³/mol. The van der Waals surface area contributed by atoms with Crippen molar-refractivity contribution < 1.29 is 9.84 Å². The number of anilines is 1. The third-order valence-corrected chi connectivity index (χ3v) is 5.79. The molecule has 4 rings (SSSR count). The molecule has 0 aliphatic carbocycles. The summed E-state index contributed by atoms with van der Waals surface area (Å²) in [7, 11) is 1.58. The van der Waals surface area contributed by atoms with Gasteiger partial charge in [-0.15, -0.1) is 0 Å². The lowest BCUT2D eigenvalue weighted by molar-refractivity contribution is 0.0936. The number of rotatable bonds is 7. The number of hydrogen-bond donors (Lipinski definition) is 2. The average Bonchev–Trinajstić information content (AvgIpc) is 3.17. The Labute approximate surface area is 179 Å². The van der Waals surface area contributed by atoms with Gasteiger partial charge in [-0.3, -0.25) is 14.3 Å². The van der Waals surface area contributed by atoms with E-state index in [1.165, 1.54) is 10.1 Å². The van der Waals surface area contributed by atoms with E-state index in [2.05, 4.69) is 21.8 Å². The number of nitrogens with zero attached hydrogens (tertiary/aromatic N) is 4. The number of benzene rings is 1. The highest BCUT2D eigenvalue weighted by Gasteiger charge is 2.24. The first-order chi connectivity index (χ1) is 15.0. The zero-order valence-electron chi connectivity index (χ0n) is 18.0. The van der Waals surface area contributed by atoms with E-state index in [4.69, 9.17) is 4.74 Å². The quantitative estimate of drug-likeness (QED) is 0.591. The molecule has 9 heteroatoms. The Kier molecular flexibility index (Phi) is 6.13. The fraction of sp³-hybridized carbons (Fsp3) is 0.500. The third kappa shape index (κ3) is 4.36. The molecule has 0 radical (unpaired) electrons. The molecular formula is C22H29N5O4. The molecule has 0 bridgehead atoms. The van der Waals surface area contributed by atoms with Gasteiger partial charge in [-0.1, -0.05) is 19.1 Å². The third-order valence-electron chi connectivity index (χ3n) is 5.79. The summed E-state index contributed by atoms with van der Waals surface area (Å²) in [5, 5.41) is 10.7. The first-order valence-electron chi connectivity index (χ1n) is 10.8. The van der Waals surface area contributed by atoms with E-state index in [9.17, 15) is 14.7 Å². The fourth-order valence-electron chi connectivity index (χ4n) is 4.01. The summed E-state index contributed by atoms with van der Waals surface area (Å²) in [6, 6.07) is 7.77. The van der Waals surface area contributed by atoms with E-state index in [1.54, 1.807) is 11.6 Å². The average molecular weight is 428 g/mol. The molecule has 1 aromatic carbocycles. The number of imidazole rings is 1. The molecule has 31 heavy (non-hydrogen) atoms. The van der Waals surface area contributed by atoms with Crippen LogP contribution in [0.2, 0.25) is 0 Å². The molecule has 3 aromatic rings. The largest absolute Gasteiger partial charge is 0.491 e. The van der Waals surface area contributed by atoms with Gasteiger partial charge in [-0.05, 0) is 43.4 Å². The van der Waals surface area contributed by atoms with Crippen molar-refractivity contribution in [2.45, 2.75) is 45.3 Å². The van der Waals surface area contributed by atoms with Gasteiger partial charge in [0, 0.05) is 20.1 Å². The summed E-state index contributed by atoms with van der Waals surface area (Å²) in [4.78, 5) is 33.8. The Balaban J connectivity index is 1.62. The molecule has 166 valence electrons. The summed E-state index contributed by atoms with van der Waals surface area (Å²) in [5.41, 5.74) is 0.810. The van der Waals surface area contributed by atoms with Crippen molar-refractivity contribution in [3.8, 4) is 5.75 Å². The van der Waals surface area contributed by atoms with E-state index in [0.717, 1.165) is 38.8 Å². The smallest absolute Gasteiger partial charge is 0.329 e. The van der Waals surface area contributed by atoms with Crippen molar-refractivity contribution in [3.63, 3.8) is 0 Å². The number of ether oxygens (including phenoxy) is 1. The van der Waals surface area contributed by atoms with Gasteiger partial charge in [0.25, 0.3) is 5.56 Å². The molecular weight excluding hydrogens is 398 g/mol. The Morgan fingerprint density at radius 3 is 2.55 bits per heavy atom. The summed E-state index contributed by atoms with van der Waals surface area (Å²) < 4.78 is 8.80. The van der Waals surface area contributed by atoms with Crippen LogP contribution in [0.15, 0.2) is 33.9 Å². The van der Waals surface area contributed by atoms with Crippen molar-refractivity contribution in [3.05, 3.63) is 50.7 Å². The Morgan fingerprint density at radius 1 is 1.16 bits per heavy atom. The molecule has 3 heterocycles. The first-order valence-corrected chi connectivity index (χ1v) is 10.8.